The molecule has 0 aromatic heterocycles. The summed E-state index contributed by atoms with van der Waals surface area (Å²) >= 11 is 15.1. The zero-order chi connectivity index (χ0) is 14.0. The van der Waals surface area contributed by atoms with Crippen LogP contribution in [0.5, 0.6) is 0 Å². The van der Waals surface area contributed by atoms with E-state index in [1.165, 1.54) is 10.4 Å². The molecule has 0 N–H and O–H groups in total. The lowest BCUT2D eigenvalue weighted by Gasteiger charge is -2.36. The van der Waals surface area contributed by atoms with Crippen molar-refractivity contribution in [3.63, 3.8) is 0 Å². The fourth-order valence-electron chi connectivity index (χ4n) is 2.07. The van der Waals surface area contributed by atoms with Gasteiger partial charge in [0, 0.05) is 22.9 Å². The molecule has 1 aliphatic rings. The Kier molecular flexibility index (Phi) is 5.17. The van der Waals surface area contributed by atoms with Gasteiger partial charge in [-0.2, -0.15) is 4.31 Å². The molecule has 0 bridgehead atoms. The maximum Gasteiger partial charge on any atom is 0.244 e. The Morgan fingerprint density at radius 3 is 2.53 bits per heavy atom. The molecule has 2 rings (SSSR count). The number of benzene rings is 1. The van der Waals surface area contributed by atoms with Gasteiger partial charge in [0.2, 0.25) is 10.0 Å². The lowest BCUT2D eigenvalue weighted by molar-refractivity contribution is 0.227. The van der Waals surface area contributed by atoms with Crippen molar-refractivity contribution in [1.82, 2.24) is 4.31 Å². The molecule has 0 spiro atoms. The molecule has 1 fully saturated rings. The number of halogens is 3. The number of rotatable bonds is 5. The number of nitrogens with zero attached hydrogens (tertiary/aromatic N) is 1. The molecule has 0 amide bonds. The maximum absolute atomic E-state index is 12.7. The van der Waals surface area contributed by atoms with Crippen molar-refractivity contribution in [2.45, 2.75) is 30.2 Å². The predicted octanol–water partition coefficient (Wildman–Crippen LogP) is 3.88. The van der Waals surface area contributed by atoms with Crippen LogP contribution in [0.3, 0.4) is 0 Å². The zero-order valence-corrected chi connectivity index (χ0v) is 14.1. The van der Waals surface area contributed by atoms with E-state index in [4.69, 9.17) is 23.2 Å². The van der Waals surface area contributed by atoms with Crippen molar-refractivity contribution in [3.8, 4) is 0 Å². The standard InChI is InChI=1S/C12H14BrCl2NO2S/c13-9-4-5-12(11(15)8-9)19(17,18)16(7-6-14)10-2-1-3-10/h4-5,8,10H,1-3,6-7H2. The van der Waals surface area contributed by atoms with E-state index < -0.39 is 10.0 Å². The highest BCUT2D eigenvalue weighted by Crippen LogP contribution is 2.33. The van der Waals surface area contributed by atoms with Crippen molar-refractivity contribution in [2.75, 3.05) is 12.4 Å². The van der Waals surface area contributed by atoms with E-state index in [9.17, 15) is 8.42 Å². The molecule has 0 heterocycles. The van der Waals surface area contributed by atoms with E-state index in [1.807, 2.05) is 0 Å². The highest BCUT2D eigenvalue weighted by atomic mass is 79.9. The second-order valence-electron chi connectivity index (χ2n) is 4.46. The van der Waals surface area contributed by atoms with Gasteiger partial charge in [-0.25, -0.2) is 8.42 Å². The molecule has 1 aromatic carbocycles. The second-order valence-corrected chi connectivity index (χ2v) is 8.02. The summed E-state index contributed by atoms with van der Waals surface area (Å²) in [6, 6.07) is 4.86. The molecular formula is C12H14BrCl2NO2S. The first-order chi connectivity index (χ1) is 8.96. The fraction of sp³-hybridized carbons (Fsp3) is 0.500. The van der Waals surface area contributed by atoms with E-state index >= 15 is 0 Å². The molecule has 1 aromatic rings. The summed E-state index contributed by atoms with van der Waals surface area (Å²) in [6.07, 6.45) is 2.85. The van der Waals surface area contributed by atoms with Crippen LogP contribution in [0.1, 0.15) is 19.3 Å². The van der Waals surface area contributed by atoms with Crippen LogP contribution >= 0.6 is 39.1 Å². The zero-order valence-electron chi connectivity index (χ0n) is 10.2. The first-order valence-electron chi connectivity index (χ1n) is 5.99. The number of sulfonamides is 1. The van der Waals surface area contributed by atoms with Gasteiger partial charge >= 0.3 is 0 Å². The van der Waals surface area contributed by atoms with Gasteiger partial charge in [-0.05, 0) is 31.0 Å². The van der Waals surface area contributed by atoms with Gasteiger partial charge in [-0.15, -0.1) is 11.6 Å². The molecule has 0 aliphatic heterocycles. The Bertz CT molecular complexity index is 561. The number of hydrogen-bond acceptors (Lipinski definition) is 2. The summed E-state index contributed by atoms with van der Waals surface area (Å²) in [7, 11) is -3.57. The average molecular weight is 387 g/mol. The van der Waals surface area contributed by atoms with Crippen molar-refractivity contribution < 1.29 is 8.42 Å². The second kappa shape index (κ2) is 6.31. The summed E-state index contributed by atoms with van der Waals surface area (Å²) in [6.45, 7) is 0.320. The third-order valence-electron chi connectivity index (χ3n) is 3.27. The van der Waals surface area contributed by atoms with Gasteiger partial charge in [0.25, 0.3) is 0 Å². The summed E-state index contributed by atoms with van der Waals surface area (Å²) in [5.74, 6) is 0.282. The minimum absolute atomic E-state index is 0.0588. The van der Waals surface area contributed by atoms with Gasteiger partial charge in [-0.1, -0.05) is 34.0 Å². The van der Waals surface area contributed by atoms with Gasteiger partial charge in [0.05, 0.1) is 5.02 Å². The van der Waals surface area contributed by atoms with Gasteiger partial charge in [0.15, 0.2) is 0 Å². The molecule has 0 radical (unpaired) electrons. The van der Waals surface area contributed by atoms with Crippen LogP contribution in [-0.4, -0.2) is 31.2 Å². The SMILES string of the molecule is O=S(=O)(c1ccc(Br)cc1Cl)N(CCCl)C1CCC1. The Hall–Kier alpha value is 0.190. The first kappa shape index (κ1) is 15.6. The summed E-state index contributed by atoms with van der Waals surface area (Å²) < 4.78 is 27.6. The number of hydrogen-bond donors (Lipinski definition) is 0. The largest absolute Gasteiger partial charge is 0.244 e. The highest BCUT2D eigenvalue weighted by molar-refractivity contribution is 9.10. The molecule has 106 valence electrons. The third-order valence-corrected chi connectivity index (χ3v) is 6.36. The van der Waals surface area contributed by atoms with E-state index in [0.717, 1.165) is 23.7 Å². The van der Waals surface area contributed by atoms with Crippen LogP contribution in [-0.2, 0) is 10.0 Å². The molecule has 19 heavy (non-hydrogen) atoms. The van der Waals surface area contributed by atoms with Gasteiger partial charge in [0.1, 0.15) is 4.90 Å². The van der Waals surface area contributed by atoms with E-state index in [0.29, 0.717) is 6.54 Å². The van der Waals surface area contributed by atoms with Crippen LogP contribution in [0.2, 0.25) is 5.02 Å². The summed E-state index contributed by atoms with van der Waals surface area (Å²) in [5.41, 5.74) is 0. The van der Waals surface area contributed by atoms with Crippen LogP contribution in [0.25, 0.3) is 0 Å². The first-order valence-corrected chi connectivity index (χ1v) is 9.14. The molecule has 0 saturated heterocycles. The molecule has 7 heteroatoms. The molecule has 0 unspecified atom stereocenters. The Morgan fingerprint density at radius 2 is 2.05 bits per heavy atom. The van der Waals surface area contributed by atoms with Crippen LogP contribution in [0.4, 0.5) is 0 Å². The topological polar surface area (TPSA) is 37.4 Å². The highest BCUT2D eigenvalue weighted by Gasteiger charge is 2.35. The number of alkyl halides is 1. The monoisotopic (exact) mass is 385 g/mol. The molecule has 0 atom stereocenters. The van der Waals surface area contributed by atoms with Gasteiger partial charge in [-0.3, -0.25) is 0 Å². The van der Waals surface area contributed by atoms with Crippen molar-refractivity contribution >= 4 is 49.2 Å². The molecule has 1 aliphatic carbocycles. The lowest BCUT2D eigenvalue weighted by Crippen LogP contribution is -2.45. The fourth-order valence-corrected chi connectivity index (χ4v) is 5.05. The van der Waals surface area contributed by atoms with Crippen molar-refractivity contribution in [2.24, 2.45) is 0 Å². The van der Waals surface area contributed by atoms with Crippen LogP contribution < -0.4 is 0 Å². The quantitative estimate of drug-likeness (QED) is 0.720. The predicted molar refractivity (Wildman–Crippen MR) is 81.4 cm³/mol. The van der Waals surface area contributed by atoms with Crippen molar-refractivity contribution in [3.05, 3.63) is 27.7 Å². The van der Waals surface area contributed by atoms with Gasteiger partial charge < -0.3 is 0 Å². The summed E-state index contributed by atoms with van der Waals surface area (Å²) in [4.78, 5) is 0.148. The Morgan fingerprint density at radius 1 is 1.37 bits per heavy atom. The molecule has 1 saturated carbocycles. The molecular weight excluding hydrogens is 373 g/mol. The van der Waals surface area contributed by atoms with E-state index in [1.54, 1.807) is 12.1 Å². The van der Waals surface area contributed by atoms with Crippen LogP contribution in [0, 0.1) is 0 Å². The normalized spacial score (nSPS) is 16.6. The minimum Gasteiger partial charge on any atom is -0.207 e. The smallest absolute Gasteiger partial charge is 0.207 e. The van der Waals surface area contributed by atoms with E-state index in [2.05, 4.69) is 15.9 Å². The van der Waals surface area contributed by atoms with Crippen LogP contribution in [0.15, 0.2) is 27.6 Å². The Labute approximate surface area is 132 Å². The average Bonchev–Trinajstić information content (AvgIpc) is 2.25. The summed E-state index contributed by atoms with van der Waals surface area (Å²) in [5, 5.41) is 0.230. The lowest BCUT2D eigenvalue weighted by atomic mass is 9.93. The maximum atomic E-state index is 12.7. The molecule has 3 nitrogen and oxygen atoms in total. The minimum atomic E-state index is -3.57. The van der Waals surface area contributed by atoms with Crippen molar-refractivity contribution in [1.29, 1.82) is 0 Å². The third kappa shape index (κ3) is 3.27. The Balaban J connectivity index is 2.38. The van der Waals surface area contributed by atoms with E-state index in [-0.39, 0.29) is 21.8 Å².